The maximum absolute atomic E-state index is 13.8. The van der Waals surface area contributed by atoms with E-state index in [9.17, 15) is 23.1 Å². The van der Waals surface area contributed by atoms with Gasteiger partial charge in [0.15, 0.2) is 0 Å². The lowest BCUT2D eigenvalue weighted by molar-refractivity contribution is -0.138. The average Bonchev–Trinajstić information content (AvgIpc) is 2.95. The number of rotatable bonds is 15. The molecule has 1 fully saturated rings. The van der Waals surface area contributed by atoms with Gasteiger partial charge in [0.05, 0.1) is 11.2 Å². The van der Waals surface area contributed by atoms with E-state index < -0.39 is 17.3 Å². The van der Waals surface area contributed by atoms with E-state index in [1.807, 2.05) is 11.9 Å². The molecule has 1 aliphatic heterocycles. The third-order valence-electron chi connectivity index (χ3n) is 8.13. The molecule has 2 N–H and O–H groups in total. The summed E-state index contributed by atoms with van der Waals surface area (Å²) in [7, 11) is 3.52. The van der Waals surface area contributed by atoms with Crippen LogP contribution in [0.15, 0.2) is 48.5 Å². The summed E-state index contributed by atoms with van der Waals surface area (Å²) in [5.41, 5.74) is -1.86. The van der Waals surface area contributed by atoms with Gasteiger partial charge in [-0.05, 0) is 82.2 Å². The summed E-state index contributed by atoms with van der Waals surface area (Å²) in [6.45, 7) is 6.60. The van der Waals surface area contributed by atoms with E-state index in [-0.39, 0.29) is 29.2 Å². The molecule has 3 atom stereocenters. The number of hydrogen-bond acceptors (Lipinski definition) is 5. The second-order valence-electron chi connectivity index (χ2n) is 11.9. The number of aliphatic hydroxyl groups is 1. The van der Waals surface area contributed by atoms with E-state index >= 15 is 0 Å². The quantitative estimate of drug-likeness (QED) is 0.218. The average molecular weight is 593 g/mol. The van der Waals surface area contributed by atoms with Crippen molar-refractivity contribution in [2.45, 2.75) is 70.6 Å². The number of halogens is 3. The number of amides is 1. The number of nitrogens with one attached hydrogen (secondary N) is 1. The molecule has 0 aromatic heterocycles. The van der Waals surface area contributed by atoms with Crippen LogP contribution in [0.4, 0.5) is 13.2 Å². The summed E-state index contributed by atoms with van der Waals surface area (Å²) in [5.74, 6) is 0.317. The highest BCUT2D eigenvalue weighted by Crippen LogP contribution is 2.46. The number of ether oxygens (including phenoxy) is 2. The second kappa shape index (κ2) is 15.7. The molecule has 2 aromatic carbocycles. The molecular weight excluding hydrogens is 545 g/mol. The number of unbranched alkanes of at least 4 members (excludes halogenated alkanes) is 1. The number of carbonyl (C=O) groups is 1. The smallest absolute Gasteiger partial charge is 0.419 e. The molecule has 2 aromatic rings. The highest BCUT2D eigenvalue weighted by Gasteiger charge is 2.43. The van der Waals surface area contributed by atoms with Crippen LogP contribution in [0, 0.1) is 17.8 Å². The third kappa shape index (κ3) is 9.19. The van der Waals surface area contributed by atoms with Gasteiger partial charge in [0.2, 0.25) is 5.91 Å². The fourth-order valence-corrected chi connectivity index (χ4v) is 6.18. The summed E-state index contributed by atoms with van der Waals surface area (Å²) < 4.78 is 52.4. The first-order valence-electron chi connectivity index (χ1n) is 15.1. The predicted molar refractivity (Wildman–Crippen MR) is 158 cm³/mol. The zero-order valence-corrected chi connectivity index (χ0v) is 25.4. The lowest BCUT2D eigenvalue weighted by Gasteiger charge is -2.43. The second-order valence-corrected chi connectivity index (χ2v) is 11.9. The number of alkyl halides is 3. The largest absolute Gasteiger partial charge is 0.456 e. The first-order chi connectivity index (χ1) is 20.0. The van der Waals surface area contributed by atoms with Crippen LogP contribution in [0.25, 0.3) is 0 Å². The number of benzene rings is 2. The standard InChI is InChI=1S/C33H47F3N2O4/c1-24(2)20-25(22-37-3)21-31(39)38-18-11-12-26(23-38)32(40,17-9-10-19-41-4)27-13-5-7-15-29(27)42-30-16-8-6-14-28(30)33(34,35)36/h5-8,13-16,24-26,37,40H,9-12,17-23H2,1-4H3/t25-,26-,32+/m1/s1. The molecule has 234 valence electrons. The van der Waals surface area contributed by atoms with Crippen LogP contribution < -0.4 is 10.1 Å². The highest BCUT2D eigenvalue weighted by atomic mass is 19.4. The van der Waals surface area contributed by atoms with E-state index in [4.69, 9.17) is 9.47 Å². The minimum atomic E-state index is -4.59. The van der Waals surface area contributed by atoms with Crippen LogP contribution in [0.2, 0.25) is 0 Å². The molecule has 0 spiro atoms. The molecule has 3 rings (SSSR count). The van der Waals surface area contributed by atoms with E-state index in [0.717, 1.165) is 31.9 Å². The van der Waals surface area contributed by atoms with Gasteiger partial charge in [-0.3, -0.25) is 4.79 Å². The number of carbonyl (C=O) groups excluding carboxylic acids is 1. The molecule has 1 saturated heterocycles. The molecule has 0 saturated carbocycles. The molecule has 6 nitrogen and oxygen atoms in total. The Hall–Kier alpha value is -2.62. The first-order valence-corrected chi connectivity index (χ1v) is 15.1. The van der Waals surface area contributed by atoms with Crippen LogP contribution in [0.5, 0.6) is 11.5 Å². The topological polar surface area (TPSA) is 71.0 Å². The van der Waals surface area contributed by atoms with Crippen molar-refractivity contribution in [2.24, 2.45) is 17.8 Å². The van der Waals surface area contributed by atoms with Gasteiger partial charge in [0.25, 0.3) is 0 Å². The molecule has 0 aliphatic carbocycles. The van der Waals surface area contributed by atoms with Gasteiger partial charge in [0.1, 0.15) is 11.5 Å². The monoisotopic (exact) mass is 592 g/mol. The Balaban J connectivity index is 1.92. The Labute approximate surface area is 248 Å². The Morgan fingerprint density at radius 1 is 1.07 bits per heavy atom. The molecule has 0 unspecified atom stereocenters. The van der Waals surface area contributed by atoms with Crippen molar-refractivity contribution >= 4 is 5.91 Å². The normalized spacial score (nSPS) is 18.1. The van der Waals surface area contributed by atoms with Gasteiger partial charge in [-0.2, -0.15) is 13.2 Å². The highest BCUT2D eigenvalue weighted by molar-refractivity contribution is 5.76. The number of para-hydroxylation sites is 2. The van der Waals surface area contributed by atoms with Crippen molar-refractivity contribution in [3.8, 4) is 11.5 Å². The Morgan fingerprint density at radius 3 is 2.33 bits per heavy atom. The maximum Gasteiger partial charge on any atom is 0.419 e. The van der Waals surface area contributed by atoms with Crippen LogP contribution in [0.1, 0.15) is 69.9 Å². The van der Waals surface area contributed by atoms with E-state index in [0.29, 0.717) is 56.9 Å². The Kier molecular flexibility index (Phi) is 12.7. The molecule has 0 bridgehead atoms. The molecule has 1 aliphatic rings. The van der Waals surface area contributed by atoms with Crippen molar-refractivity contribution < 1.29 is 32.5 Å². The van der Waals surface area contributed by atoms with Crippen molar-refractivity contribution in [1.82, 2.24) is 10.2 Å². The number of nitrogens with zero attached hydrogens (tertiary/aromatic N) is 1. The number of likely N-dealkylation sites (tertiary alicyclic amines) is 1. The van der Waals surface area contributed by atoms with Crippen LogP contribution in [0.3, 0.4) is 0 Å². The van der Waals surface area contributed by atoms with E-state index in [1.165, 1.54) is 18.2 Å². The number of hydrogen-bond donors (Lipinski definition) is 2. The lowest BCUT2D eigenvalue weighted by Crippen LogP contribution is -2.48. The summed E-state index contributed by atoms with van der Waals surface area (Å²) in [5, 5.41) is 15.7. The van der Waals surface area contributed by atoms with Gasteiger partial charge in [-0.15, -0.1) is 0 Å². The summed E-state index contributed by atoms with van der Waals surface area (Å²) in [4.78, 5) is 15.3. The van der Waals surface area contributed by atoms with Gasteiger partial charge in [-0.25, -0.2) is 0 Å². The Bertz CT molecular complexity index is 1130. The minimum absolute atomic E-state index is 0.0750. The third-order valence-corrected chi connectivity index (χ3v) is 8.13. The minimum Gasteiger partial charge on any atom is -0.456 e. The van der Waals surface area contributed by atoms with Gasteiger partial charge >= 0.3 is 6.18 Å². The lowest BCUT2D eigenvalue weighted by atomic mass is 9.73. The molecule has 9 heteroatoms. The fraction of sp³-hybridized carbons (Fsp3) is 0.606. The van der Waals surface area contributed by atoms with Crippen LogP contribution >= 0.6 is 0 Å². The van der Waals surface area contributed by atoms with Crippen LogP contribution in [-0.2, 0) is 21.3 Å². The first kappa shape index (κ1) is 33.9. The van der Waals surface area contributed by atoms with Crippen molar-refractivity contribution in [3.05, 3.63) is 59.7 Å². The summed E-state index contributed by atoms with van der Waals surface area (Å²) >= 11 is 0. The number of methoxy groups -OCH3 is 1. The van der Waals surface area contributed by atoms with Gasteiger partial charge in [0, 0.05) is 44.7 Å². The fourth-order valence-electron chi connectivity index (χ4n) is 6.18. The zero-order chi connectivity index (χ0) is 30.8. The predicted octanol–water partition coefficient (Wildman–Crippen LogP) is 7.01. The molecule has 1 heterocycles. The Morgan fingerprint density at radius 2 is 1.71 bits per heavy atom. The van der Waals surface area contributed by atoms with Gasteiger partial charge < -0.3 is 24.8 Å². The zero-order valence-electron chi connectivity index (χ0n) is 25.4. The van der Waals surface area contributed by atoms with Crippen molar-refractivity contribution in [2.75, 3.05) is 40.4 Å². The molecular formula is C33H47F3N2O4. The summed E-state index contributed by atoms with van der Waals surface area (Å²) in [6.07, 6.45) is -0.0756. The van der Waals surface area contributed by atoms with Crippen molar-refractivity contribution in [3.63, 3.8) is 0 Å². The van der Waals surface area contributed by atoms with Gasteiger partial charge in [-0.1, -0.05) is 44.2 Å². The summed E-state index contributed by atoms with van der Waals surface area (Å²) in [6, 6.07) is 11.9. The maximum atomic E-state index is 13.8. The van der Waals surface area contributed by atoms with Crippen LogP contribution in [-0.4, -0.2) is 56.3 Å². The van der Waals surface area contributed by atoms with E-state index in [1.54, 1.807) is 31.4 Å². The number of piperidine rings is 1. The van der Waals surface area contributed by atoms with E-state index in [2.05, 4.69) is 19.2 Å². The molecule has 0 radical (unpaired) electrons. The molecule has 42 heavy (non-hydrogen) atoms. The van der Waals surface area contributed by atoms with Crippen molar-refractivity contribution in [1.29, 1.82) is 0 Å². The SMILES string of the molecule is CNC[C@@H](CC(=O)N1CCC[C@@H]([C@@](O)(CCCCOC)c2ccccc2Oc2ccccc2C(F)(F)F)C1)CC(C)C. The molecule has 1 amide bonds.